The molecule has 0 aliphatic carbocycles. The van der Waals surface area contributed by atoms with Crippen LogP contribution in [0, 0.1) is 52.4 Å². The first kappa shape index (κ1) is 41.8. The van der Waals surface area contributed by atoms with Gasteiger partial charge in [0.15, 0.2) is 0 Å². The van der Waals surface area contributed by atoms with Crippen molar-refractivity contribution in [2.45, 2.75) is 44.5 Å². The number of aryl methyl sites for hydroxylation is 1. The van der Waals surface area contributed by atoms with E-state index in [9.17, 15) is 52.7 Å². The highest BCUT2D eigenvalue weighted by Gasteiger charge is 2.50. The van der Waals surface area contributed by atoms with Gasteiger partial charge in [-0.25, -0.2) is 44.3 Å². The summed E-state index contributed by atoms with van der Waals surface area (Å²) in [6.45, 7) is 1.74. The second-order valence-electron chi connectivity index (χ2n) is 11.6. The maximum absolute atomic E-state index is 15.4. The Labute approximate surface area is 300 Å². The molecule has 5 rings (SSSR count). The van der Waals surface area contributed by atoms with Gasteiger partial charge in [-0.15, -0.1) is 13.2 Å². The van der Waals surface area contributed by atoms with Crippen molar-refractivity contribution in [3.05, 3.63) is 129 Å². The SMILES string of the molecule is CCCc1cc(F)c2c(F)c(-c3cc(F)c(C(F)(F)Oc4cc(F)c(C(F)(F)Oc5cc(F)c(C(F)(F)OC(F)(F)F)c(F)c5)c(F)c4)c(F)c3)c(F)cc2c1. The van der Waals surface area contributed by atoms with Crippen molar-refractivity contribution < 1.29 is 93.2 Å². The van der Waals surface area contributed by atoms with Gasteiger partial charge in [-0.2, -0.15) is 26.3 Å². The summed E-state index contributed by atoms with van der Waals surface area (Å²) in [4.78, 5) is 0. The van der Waals surface area contributed by atoms with Crippen molar-refractivity contribution in [3.8, 4) is 22.6 Å². The second kappa shape index (κ2) is 14.6. The second-order valence-corrected chi connectivity index (χ2v) is 11.6. The number of halogens is 18. The van der Waals surface area contributed by atoms with Gasteiger partial charge in [0.1, 0.15) is 80.5 Å². The topological polar surface area (TPSA) is 27.7 Å². The maximum atomic E-state index is 15.4. The van der Waals surface area contributed by atoms with Crippen LogP contribution in [0.1, 0.15) is 35.6 Å². The molecule has 0 amide bonds. The molecule has 300 valence electrons. The van der Waals surface area contributed by atoms with Crippen LogP contribution in [0.3, 0.4) is 0 Å². The van der Waals surface area contributed by atoms with E-state index in [2.05, 4.69) is 14.2 Å². The summed E-state index contributed by atoms with van der Waals surface area (Å²) in [7, 11) is 0. The molecular formula is C35H16F18O3. The van der Waals surface area contributed by atoms with Gasteiger partial charge >= 0.3 is 24.7 Å². The molecule has 0 unspecified atom stereocenters. The summed E-state index contributed by atoms with van der Waals surface area (Å²) >= 11 is 0. The zero-order chi connectivity index (χ0) is 41.9. The average molecular weight is 826 g/mol. The Balaban J connectivity index is 1.43. The van der Waals surface area contributed by atoms with Gasteiger partial charge in [-0.1, -0.05) is 19.4 Å². The molecule has 0 fully saturated rings. The Morgan fingerprint density at radius 3 is 1.29 bits per heavy atom. The first-order valence-corrected chi connectivity index (χ1v) is 15.1. The zero-order valence-electron chi connectivity index (χ0n) is 27.1. The molecule has 0 heterocycles. The highest BCUT2D eigenvalue weighted by Crippen LogP contribution is 2.44. The number of hydrogen-bond donors (Lipinski definition) is 0. The summed E-state index contributed by atoms with van der Waals surface area (Å²) in [6, 6.07) is 0.836. The van der Waals surface area contributed by atoms with Gasteiger partial charge in [-0.05, 0) is 47.2 Å². The summed E-state index contributed by atoms with van der Waals surface area (Å²) in [5.41, 5.74) is -9.55. The molecular weight excluding hydrogens is 810 g/mol. The minimum absolute atomic E-state index is 0.0167. The highest BCUT2D eigenvalue weighted by atomic mass is 19.4. The molecule has 56 heavy (non-hydrogen) atoms. The van der Waals surface area contributed by atoms with Crippen LogP contribution in [0.2, 0.25) is 0 Å². The van der Waals surface area contributed by atoms with E-state index in [1.165, 1.54) is 6.07 Å². The molecule has 0 aliphatic heterocycles. The molecule has 0 spiro atoms. The average Bonchev–Trinajstić information content (AvgIpc) is 2.97. The van der Waals surface area contributed by atoms with E-state index in [-0.39, 0.29) is 17.5 Å². The number of hydrogen-bond acceptors (Lipinski definition) is 3. The number of alkyl halides is 9. The standard InChI is InChI=1S/C35H16F18O3/c1-2-3-13-4-14-6-19(37)27(31(44)26(14)18(36)5-13)15-7-20(38)28(21(39)8-15)32(45,46)54-16-9-22(40)29(23(41)10-16)33(47,48)55-17-11-24(42)30(25(43)12-17)34(49,50)56-35(51,52)53/h4-12H,2-3H2,1H3. The Morgan fingerprint density at radius 2 is 0.875 bits per heavy atom. The number of rotatable bonds is 11. The monoisotopic (exact) mass is 826 g/mol. The van der Waals surface area contributed by atoms with E-state index in [4.69, 9.17) is 0 Å². The summed E-state index contributed by atoms with van der Waals surface area (Å²) in [5, 5.41) is -1.08. The molecule has 21 heteroatoms. The van der Waals surface area contributed by atoms with Crippen LogP contribution >= 0.6 is 0 Å². The zero-order valence-corrected chi connectivity index (χ0v) is 27.1. The van der Waals surface area contributed by atoms with Gasteiger partial charge in [0.05, 0.1) is 10.9 Å². The third-order valence-corrected chi connectivity index (χ3v) is 7.65. The van der Waals surface area contributed by atoms with Crippen molar-refractivity contribution in [1.82, 2.24) is 0 Å². The fourth-order valence-electron chi connectivity index (χ4n) is 5.53. The minimum atomic E-state index is -6.16. The Bertz CT molecular complexity index is 2270. The molecule has 3 nitrogen and oxygen atoms in total. The lowest BCUT2D eigenvalue weighted by molar-refractivity contribution is -0.432. The molecule has 0 aromatic heterocycles. The van der Waals surface area contributed by atoms with E-state index in [1.807, 2.05) is 0 Å². The minimum Gasteiger partial charge on any atom is -0.429 e. The predicted molar refractivity (Wildman–Crippen MR) is 156 cm³/mol. The quantitative estimate of drug-likeness (QED) is 0.124. The number of ether oxygens (including phenoxy) is 3. The van der Waals surface area contributed by atoms with Crippen molar-refractivity contribution in [2.75, 3.05) is 0 Å². The lowest BCUT2D eigenvalue weighted by Gasteiger charge is -2.23. The van der Waals surface area contributed by atoms with Gasteiger partial charge in [0.2, 0.25) is 0 Å². The van der Waals surface area contributed by atoms with E-state index in [1.54, 1.807) is 6.92 Å². The van der Waals surface area contributed by atoms with Crippen molar-refractivity contribution in [3.63, 3.8) is 0 Å². The van der Waals surface area contributed by atoms with Crippen molar-refractivity contribution in [2.24, 2.45) is 0 Å². The molecule has 0 saturated heterocycles. The molecule has 0 bridgehead atoms. The van der Waals surface area contributed by atoms with Crippen LogP contribution in [0.25, 0.3) is 21.9 Å². The van der Waals surface area contributed by atoms with Crippen LogP contribution in [0.4, 0.5) is 79.0 Å². The van der Waals surface area contributed by atoms with Crippen molar-refractivity contribution >= 4 is 10.8 Å². The van der Waals surface area contributed by atoms with E-state index in [0.717, 1.165) is 6.07 Å². The third kappa shape index (κ3) is 8.26. The molecule has 0 saturated carbocycles. The molecule has 5 aromatic rings. The molecule has 0 atom stereocenters. The fraction of sp³-hybridized carbons (Fsp3) is 0.200. The Hall–Kier alpha value is -5.34. The summed E-state index contributed by atoms with van der Waals surface area (Å²) in [5.74, 6) is -23.0. The van der Waals surface area contributed by atoms with Crippen molar-refractivity contribution in [1.29, 1.82) is 0 Å². The van der Waals surface area contributed by atoms with Crippen LogP contribution in [-0.2, 0) is 29.5 Å². The first-order chi connectivity index (χ1) is 25.8. The molecule has 0 radical (unpaired) electrons. The Morgan fingerprint density at radius 1 is 0.464 bits per heavy atom. The highest BCUT2D eigenvalue weighted by molar-refractivity contribution is 5.89. The van der Waals surface area contributed by atoms with Crippen LogP contribution in [-0.4, -0.2) is 6.36 Å². The largest absolute Gasteiger partial charge is 0.527 e. The summed E-state index contributed by atoms with van der Waals surface area (Å²) in [6.07, 6.45) is -21.8. The van der Waals surface area contributed by atoms with E-state index in [0.29, 0.717) is 24.5 Å². The third-order valence-electron chi connectivity index (χ3n) is 7.65. The van der Waals surface area contributed by atoms with E-state index < -0.39 is 146 Å². The lowest BCUT2D eigenvalue weighted by atomic mass is 9.96. The van der Waals surface area contributed by atoms with E-state index >= 15 is 26.3 Å². The lowest BCUT2D eigenvalue weighted by Crippen LogP contribution is -2.30. The van der Waals surface area contributed by atoms with Crippen LogP contribution < -0.4 is 9.47 Å². The predicted octanol–water partition coefficient (Wildman–Crippen LogP) is 12.6. The molecule has 0 N–H and O–H groups in total. The summed E-state index contributed by atoms with van der Waals surface area (Å²) < 4.78 is 267. The van der Waals surface area contributed by atoms with Gasteiger partial charge in [0.25, 0.3) is 0 Å². The first-order valence-electron chi connectivity index (χ1n) is 15.1. The molecule has 0 aliphatic rings. The van der Waals surface area contributed by atoms with Crippen LogP contribution in [0.5, 0.6) is 11.5 Å². The fourth-order valence-corrected chi connectivity index (χ4v) is 5.53. The maximum Gasteiger partial charge on any atom is 0.527 e. The van der Waals surface area contributed by atoms with Gasteiger partial charge in [-0.3, -0.25) is 0 Å². The van der Waals surface area contributed by atoms with Gasteiger partial charge in [0, 0.05) is 24.3 Å². The Kier molecular flexibility index (Phi) is 10.9. The number of benzene rings is 5. The smallest absolute Gasteiger partial charge is 0.429 e. The normalized spacial score (nSPS) is 12.8. The number of fused-ring (bicyclic) bond motifs is 1. The van der Waals surface area contributed by atoms with Gasteiger partial charge < -0.3 is 9.47 Å². The van der Waals surface area contributed by atoms with Crippen LogP contribution in [0.15, 0.2) is 54.6 Å². The molecule has 5 aromatic carbocycles.